The van der Waals surface area contributed by atoms with Crippen LogP contribution in [0.1, 0.15) is 0 Å². The van der Waals surface area contributed by atoms with E-state index in [0.29, 0.717) is 0 Å². The summed E-state index contributed by atoms with van der Waals surface area (Å²) in [5, 5.41) is 4.97. The fourth-order valence-electron chi connectivity index (χ4n) is 6.41. The van der Waals surface area contributed by atoms with E-state index in [0.717, 1.165) is 17.1 Å². The van der Waals surface area contributed by atoms with Gasteiger partial charge in [0.2, 0.25) is 0 Å². The number of hydrogen-bond acceptors (Lipinski definition) is 1. The maximum absolute atomic E-state index is 2.35. The van der Waals surface area contributed by atoms with Gasteiger partial charge in [-0.05, 0) is 91.3 Å². The molecule has 0 aliphatic rings. The van der Waals surface area contributed by atoms with Crippen molar-refractivity contribution < 1.29 is 0 Å². The van der Waals surface area contributed by atoms with E-state index in [2.05, 4.69) is 193 Å². The molecule has 0 spiro atoms. The quantitative estimate of drug-likeness (QED) is 0.191. The topological polar surface area (TPSA) is 3.24 Å². The van der Waals surface area contributed by atoms with E-state index >= 15 is 0 Å². The molecule has 8 aromatic carbocycles. The fraction of sp³-hybridized carbons (Fsp3) is 0. The molecule has 0 amide bonds. The van der Waals surface area contributed by atoms with Crippen molar-refractivity contribution in [2.45, 2.75) is 0 Å². The zero-order valence-electron chi connectivity index (χ0n) is 24.8. The van der Waals surface area contributed by atoms with Gasteiger partial charge in [-0.15, -0.1) is 0 Å². The highest BCUT2D eigenvalue weighted by Crippen LogP contribution is 2.41. The lowest BCUT2D eigenvalue weighted by atomic mass is 9.90. The van der Waals surface area contributed by atoms with Crippen LogP contribution in [0.25, 0.3) is 54.9 Å². The van der Waals surface area contributed by atoms with E-state index in [-0.39, 0.29) is 0 Å². The van der Waals surface area contributed by atoms with Crippen LogP contribution in [0, 0.1) is 0 Å². The molecule has 1 nitrogen and oxygen atoms in total. The van der Waals surface area contributed by atoms with E-state index in [1.54, 1.807) is 0 Å². The molecule has 45 heavy (non-hydrogen) atoms. The third kappa shape index (κ3) is 5.15. The summed E-state index contributed by atoms with van der Waals surface area (Å²) in [5.74, 6) is 0. The summed E-state index contributed by atoms with van der Waals surface area (Å²) < 4.78 is 0. The van der Waals surface area contributed by atoms with E-state index in [1.807, 2.05) is 0 Å². The Balaban J connectivity index is 1.24. The van der Waals surface area contributed by atoms with Crippen molar-refractivity contribution in [3.05, 3.63) is 188 Å². The summed E-state index contributed by atoms with van der Waals surface area (Å²) in [6.07, 6.45) is 0. The summed E-state index contributed by atoms with van der Waals surface area (Å²) in [6, 6.07) is 67.6. The molecule has 8 rings (SSSR count). The minimum absolute atomic E-state index is 1.11. The van der Waals surface area contributed by atoms with Crippen LogP contribution < -0.4 is 4.90 Å². The molecule has 0 aliphatic heterocycles. The second-order valence-electron chi connectivity index (χ2n) is 11.4. The second kappa shape index (κ2) is 11.6. The van der Waals surface area contributed by atoms with Gasteiger partial charge in [0, 0.05) is 17.1 Å². The molecular weight excluding hydrogens is 542 g/mol. The predicted octanol–water partition coefficient (Wildman–Crippen LogP) is 12.5. The Hall–Kier alpha value is -5.92. The highest BCUT2D eigenvalue weighted by atomic mass is 15.1. The molecule has 0 N–H and O–H groups in total. The third-order valence-electron chi connectivity index (χ3n) is 8.65. The predicted molar refractivity (Wildman–Crippen MR) is 192 cm³/mol. The first kappa shape index (κ1) is 26.7. The van der Waals surface area contributed by atoms with Gasteiger partial charge in [-0.2, -0.15) is 0 Å². The van der Waals surface area contributed by atoms with E-state index in [9.17, 15) is 0 Å². The monoisotopic (exact) mass is 573 g/mol. The van der Waals surface area contributed by atoms with Gasteiger partial charge >= 0.3 is 0 Å². The van der Waals surface area contributed by atoms with Crippen molar-refractivity contribution in [3.8, 4) is 33.4 Å². The average Bonchev–Trinajstić information content (AvgIpc) is 3.12. The summed E-state index contributed by atoms with van der Waals surface area (Å²) in [4.78, 5) is 2.35. The molecule has 0 saturated heterocycles. The molecule has 0 fully saturated rings. The summed E-state index contributed by atoms with van der Waals surface area (Å²) in [7, 11) is 0. The highest BCUT2D eigenvalue weighted by Gasteiger charge is 2.16. The minimum Gasteiger partial charge on any atom is -0.310 e. The lowest BCUT2D eigenvalue weighted by Crippen LogP contribution is -2.09. The van der Waals surface area contributed by atoms with Gasteiger partial charge in [0.05, 0.1) is 0 Å². The van der Waals surface area contributed by atoms with Crippen molar-refractivity contribution in [2.75, 3.05) is 4.90 Å². The largest absolute Gasteiger partial charge is 0.310 e. The molecule has 0 unspecified atom stereocenters. The van der Waals surface area contributed by atoms with Crippen LogP contribution in [-0.4, -0.2) is 0 Å². The van der Waals surface area contributed by atoms with Gasteiger partial charge in [-0.3, -0.25) is 0 Å². The van der Waals surface area contributed by atoms with E-state index in [4.69, 9.17) is 0 Å². The van der Waals surface area contributed by atoms with E-state index < -0.39 is 0 Å². The van der Waals surface area contributed by atoms with Crippen LogP contribution in [-0.2, 0) is 0 Å². The van der Waals surface area contributed by atoms with Crippen LogP contribution in [0.3, 0.4) is 0 Å². The molecule has 0 radical (unpaired) electrons. The lowest BCUT2D eigenvalue weighted by molar-refractivity contribution is 1.29. The van der Waals surface area contributed by atoms with E-state index in [1.165, 1.54) is 54.9 Å². The van der Waals surface area contributed by atoms with Crippen LogP contribution >= 0.6 is 0 Å². The third-order valence-corrected chi connectivity index (χ3v) is 8.65. The first-order chi connectivity index (χ1) is 22.3. The molecule has 1 heteroatoms. The van der Waals surface area contributed by atoms with Gasteiger partial charge in [0.15, 0.2) is 0 Å². The van der Waals surface area contributed by atoms with Crippen molar-refractivity contribution in [1.29, 1.82) is 0 Å². The highest BCUT2D eigenvalue weighted by molar-refractivity contribution is 6.04. The molecule has 212 valence electrons. The average molecular weight is 574 g/mol. The van der Waals surface area contributed by atoms with Gasteiger partial charge < -0.3 is 4.90 Å². The van der Waals surface area contributed by atoms with Crippen LogP contribution in [0.15, 0.2) is 188 Å². The fourth-order valence-corrected chi connectivity index (χ4v) is 6.41. The van der Waals surface area contributed by atoms with Crippen LogP contribution in [0.4, 0.5) is 17.1 Å². The summed E-state index contributed by atoms with van der Waals surface area (Å²) in [6.45, 7) is 0. The Morgan fingerprint density at radius 3 is 1.47 bits per heavy atom. The zero-order valence-corrected chi connectivity index (χ0v) is 24.8. The van der Waals surface area contributed by atoms with Gasteiger partial charge in [0.25, 0.3) is 0 Å². The second-order valence-corrected chi connectivity index (χ2v) is 11.4. The van der Waals surface area contributed by atoms with Crippen molar-refractivity contribution in [2.24, 2.45) is 0 Å². The lowest BCUT2D eigenvalue weighted by Gasteiger charge is -2.26. The Morgan fingerprint density at radius 1 is 0.289 bits per heavy atom. The first-order valence-electron chi connectivity index (χ1n) is 15.4. The molecule has 8 aromatic rings. The number of hydrogen-bond donors (Lipinski definition) is 0. The molecule has 0 bridgehead atoms. The standard InChI is InChI=1S/C44H31N/c1-3-11-32(12-4-1)34-19-25-39(26-20-34)45(41-29-21-33-13-7-8-17-38(33)31-41)40-27-22-36(23-28-40)43-30-24-35-14-9-10-18-42(35)44(43)37-15-5-2-6-16-37/h1-31H. The van der Waals surface area contributed by atoms with Gasteiger partial charge in [-0.1, -0.05) is 152 Å². The zero-order chi connectivity index (χ0) is 30.0. The molecular formula is C44H31N. The molecule has 0 aliphatic carbocycles. The van der Waals surface area contributed by atoms with Crippen molar-refractivity contribution >= 4 is 38.6 Å². The molecule has 0 aromatic heterocycles. The molecule has 0 heterocycles. The number of nitrogens with zero attached hydrogens (tertiary/aromatic N) is 1. The first-order valence-corrected chi connectivity index (χ1v) is 15.4. The maximum Gasteiger partial charge on any atom is 0.0468 e. The SMILES string of the molecule is c1ccc(-c2ccc(N(c3ccc(-c4ccc5ccccc5c4-c4ccccc4)cc3)c3ccc4ccccc4c3)cc2)cc1. The number of anilines is 3. The molecule has 0 saturated carbocycles. The Morgan fingerprint density at radius 2 is 0.778 bits per heavy atom. The Bertz CT molecular complexity index is 2230. The normalized spacial score (nSPS) is 11.1. The van der Waals surface area contributed by atoms with Gasteiger partial charge in [0.1, 0.15) is 0 Å². The van der Waals surface area contributed by atoms with Crippen molar-refractivity contribution in [1.82, 2.24) is 0 Å². The van der Waals surface area contributed by atoms with Crippen LogP contribution in [0.5, 0.6) is 0 Å². The number of rotatable bonds is 6. The maximum atomic E-state index is 2.35. The smallest absolute Gasteiger partial charge is 0.0468 e. The number of fused-ring (bicyclic) bond motifs is 2. The van der Waals surface area contributed by atoms with Crippen LogP contribution in [0.2, 0.25) is 0 Å². The summed E-state index contributed by atoms with van der Waals surface area (Å²) in [5.41, 5.74) is 10.7. The number of benzene rings is 8. The summed E-state index contributed by atoms with van der Waals surface area (Å²) >= 11 is 0. The Kier molecular flexibility index (Phi) is 6.90. The van der Waals surface area contributed by atoms with Gasteiger partial charge in [-0.25, -0.2) is 0 Å². The Labute approximate surface area is 264 Å². The molecule has 0 atom stereocenters. The van der Waals surface area contributed by atoms with Crippen molar-refractivity contribution in [3.63, 3.8) is 0 Å². The minimum atomic E-state index is 1.11.